The fourth-order valence-electron chi connectivity index (χ4n) is 2.11. The Bertz CT molecular complexity index is 585. The Kier molecular flexibility index (Phi) is 5.35. The average molecular weight is 306 g/mol. The number of nitrogens with one attached hydrogen (secondary N) is 2. The Morgan fingerprint density at radius 3 is 2.86 bits per heavy atom. The van der Waals surface area contributed by atoms with E-state index in [2.05, 4.69) is 10.6 Å². The number of carboxylic acid groups (broad SMARTS) is 1. The summed E-state index contributed by atoms with van der Waals surface area (Å²) in [6.07, 6.45) is 2.23. The topological polar surface area (TPSA) is 105 Å². The van der Waals surface area contributed by atoms with Crippen molar-refractivity contribution < 1.29 is 24.2 Å². The summed E-state index contributed by atoms with van der Waals surface area (Å²) in [6, 6.07) is 4.86. The molecule has 1 aromatic rings. The molecule has 0 spiro atoms. The summed E-state index contributed by atoms with van der Waals surface area (Å²) in [5, 5.41) is 13.9. The van der Waals surface area contributed by atoms with Crippen LogP contribution in [0.25, 0.3) is 0 Å². The van der Waals surface area contributed by atoms with Crippen LogP contribution in [0, 0.1) is 0 Å². The van der Waals surface area contributed by atoms with Gasteiger partial charge in [0.05, 0.1) is 5.69 Å². The van der Waals surface area contributed by atoms with Gasteiger partial charge < -0.3 is 20.5 Å². The van der Waals surface area contributed by atoms with Gasteiger partial charge in [-0.05, 0) is 31.0 Å². The number of benzene rings is 1. The molecule has 2 amide bonds. The molecule has 0 radical (unpaired) electrons. The summed E-state index contributed by atoms with van der Waals surface area (Å²) in [6.45, 7) is 0.466. The highest BCUT2D eigenvalue weighted by molar-refractivity contribution is 5.99. The zero-order valence-corrected chi connectivity index (χ0v) is 12.1. The van der Waals surface area contributed by atoms with E-state index < -0.39 is 5.97 Å². The second-order valence-electron chi connectivity index (χ2n) is 5.01. The van der Waals surface area contributed by atoms with Gasteiger partial charge in [-0.15, -0.1) is 0 Å². The van der Waals surface area contributed by atoms with E-state index in [1.807, 2.05) is 0 Å². The first kappa shape index (κ1) is 15.8. The fourth-order valence-corrected chi connectivity index (χ4v) is 2.11. The maximum absolute atomic E-state index is 12.0. The monoisotopic (exact) mass is 306 g/mol. The van der Waals surface area contributed by atoms with Crippen LogP contribution in [0.1, 0.15) is 36.0 Å². The predicted molar refractivity (Wildman–Crippen MR) is 79.0 cm³/mol. The Morgan fingerprint density at radius 1 is 1.27 bits per heavy atom. The van der Waals surface area contributed by atoms with Crippen molar-refractivity contribution in [2.75, 3.05) is 18.5 Å². The van der Waals surface area contributed by atoms with Crippen LogP contribution < -0.4 is 15.4 Å². The first-order chi connectivity index (χ1) is 10.6. The number of anilines is 1. The van der Waals surface area contributed by atoms with Gasteiger partial charge in [-0.25, -0.2) is 0 Å². The number of hydrogen-bond acceptors (Lipinski definition) is 4. The summed E-state index contributed by atoms with van der Waals surface area (Å²) >= 11 is 0. The van der Waals surface area contributed by atoms with Crippen molar-refractivity contribution in [3.63, 3.8) is 0 Å². The number of unbranched alkanes of at least 4 members (excludes halogenated alkanes) is 2. The van der Waals surface area contributed by atoms with E-state index in [-0.39, 0.29) is 24.8 Å². The van der Waals surface area contributed by atoms with Crippen LogP contribution >= 0.6 is 0 Å². The van der Waals surface area contributed by atoms with Gasteiger partial charge in [-0.3, -0.25) is 14.4 Å². The average Bonchev–Trinajstić information content (AvgIpc) is 2.49. The zero-order valence-electron chi connectivity index (χ0n) is 12.1. The Hall–Kier alpha value is -2.57. The number of fused-ring (bicyclic) bond motifs is 1. The summed E-state index contributed by atoms with van der Waals surface area (Å²) in [7, 11) is 0. The second kappa shape index (κ2) is 7.44. The molecular formula is C15H18N2O5. The van der Waals surface area contributed by atoms with Crippen LogP contribution in [-0.2, 0) is 9.59 Å². The molecule has 0 saturated carbocycles. The van der Waals surface area contributed by atoms with Gasteiger partial charge in [0.25, 0.3) is 11.8 Å². The molecule has 0 saturated heterocycles. The molecule has 7 heteroatoms. The van der Waals surface area contributed by atoms with Crippen LogP contribution in [0.4, 0.5) is 5.69 Å². The minimum Gasteiger partial charge on any atom is -0.482 e. The summed E-state index contributed by atoms with van der Waals surface area (Å²) in [4.78, 5) is 33.6. The first-order valence-corrected chi connectivity index (χ1v) is 7.13. The minimum absolute atomic E-state index is 0.0190. The Morgan fingerprint density at radius 2 is 2.09 bits per heavy atom. The highest BCUT2D eigenvalue weighted by Gasteiger charge is 2.17. The SMILES string of the molecule is O=C(O)CCCCCNC(=O)c1ccc2c(c1)NC(=O)CO2. The normalized spacial score (nSPS) is 12.8. The van der Waals surface area contributed by atoms with Crippen LogP contribution in [0.5, 0.6) is 5.75 Å². The maximum Gasteiger partial charge on any atom is 0.303 e. The molecule has 0 fully saturated rings. The molecule has 1 aliphatic rings. The number of rotatable bonds is 7. The molecule has 1 heterocycles. The summed E-state index contributed by atoms with van der Waals surface area (Å²) in [5.74, 6) is -0.739. The van der Waals surface area contributed by atoms with Gasteiger partial charge >= 0.3 is 5.97 Å². The number of aliphatic carboxylic acids is 1. The lowest BCUT2D eigenvalue weighted by atomic mass is 10.1. The third-order valence-electron chi connectivity index (χ3n) is 3.23. The lowest BCUT2D eigenvalue weighted by molar-refractivity contribution is -0.137. The van der Waals surface area contributed by atoms with Gasteiger partial charge in [0.2, 0.25) is 0 Å². The molecular weight excluding hydrogens is 288 g/mol. The number of carbonyl (C=O) groups is 3. The van der Waals surface area contributed by atoms with Crippen molar-refractivity contribution in [1.29, 1.82) is 0 Å². The van der Waals surface area contributed by atoms with Crippen molar-refractivity contribution in [2.24, 2.45) is 0 Å². The van der Waals surface area contributed by atoms with Crippen molar-refractivity contribution >= 4 is 23.5 Å². The van der Waals surface area contributed by atoms with E-state index in [0.717, 1.165) is 12.8 Å². The van der Waals surface area contributed by atoms with Crippen molar-refractivity contribution in [2.45, 2.75) is 25.7 Å². The quantitative estimate of drug-likeness (QED) is 0.660. The van der Waals surface area contributed by atoms with Gasteiger partial charge in [0, 0.05) is 18.5 Å². The van der Waals surface area contributed by atoms with E-state index >= 15 is 0 Å². The van der Waals surface area contributed by atoms with E-state index in [4.69, 9.17) is 9.84 Å². The summed E-state index contributed by atoms with van der Waals surface area (Å²) in [5.41, 5.74) is 0.931. The largest absolute Gasteiger partial charge is 0.482 e. The van der Waals surface area contributed by atoms with Crippen molar-refractivity contribution in [3.05, 3.63) is 23.8 Å². The van der Waals surface area contributed by atoms with Crippen molar-refractivity contribution in [3.8, 4) is 5.75 Å². The van der Waals surface area contributed by atoms with E-state index in [1.54, 1.807) is 18.2 Å². The van der Waals surface area contributed by atoms with Gasteiger partial charge in [-0.2, -0.15) is 0 Å². The van der Waals surface area contributed by atoms with Crippen LogP contribution in [0.2, 0.25) is 0 Å². The standard InChI is InChI=1S/C15H18N2O5/c18-13-9-22-12-6-5-10(8-11(12)17-13)15(21)16-7-3-1-2-4-14(19)20/h5-6,8H,1-4,7,9H2,(H,16,21)(H,17,18)(H,19,20). The van der Waals surface area contributed by atoms with Crippen LogP contribution in [-0.4, -0.2) is 36.0 Å². The molecule has 0 unspecified atom stereocenters. The summed E-state index contributed by atoms with van der Waals surface area (Å²) < 4.78 is 5.22. The molecule has 3 N–H and O–H groups in total. The molecule has 22 heavy (non-hydrogen) atoms. The third-order valence-corrected chi connectivity index (χ3v) is 3.23. The smallest absolute Gasteiger partial charge is 0.303 e. The molecule has 0 bridgehead atoms. The molecule has 118 valence electrons. The number of hydrogen-bond donors (Lipinski definition) is 3. The Balaban J connectivity index is 1.79. The first-order valence-electron chi connectivity index (χ1n) is 7.13. The molecule has 1 aliphatic heterocycles. The van der Waals surface area contributed by atoms with E-state index in [0.29, 0.717) is 30.0 Å². The number of carbonyl (C=O) groups excluding carboxylic acids is 2. The number of amides is 2. The number of ether oxygens (including phenoxy) is 1. The highest BCUT2D eigenvalue weighted by Crippen LogP contribution is 2.28. The molecule has 2 rings (SSSR count). The van der Waals surface area contributed by atoms with E-state index in [1.165, 1.54) is 0 Å². The zero-order chi connectivity index (χ0) is 15.9. The van der Waals surface area contributed by atoms with Gasteiger partial charge in [0.1, 0.15) is 5.75 Å². The van der Waals surface area contributed by atoms with Crippen LogP contribution in [0.15, 0.2) is 18.2 Å². The van der Waals surface area contributed by atoms with Gasteiger partial charge in [-0.1, -0.05) is 6.42 Å². The lowest BCUT2D eigenvalue weighted by Gasteiger charge is -2.18. The maximum atomic E-state index is 12.0. The highest BCUT2D eigenvalue weighted by atomic mass is 16.5. The Labute approximate surface area is 127 Å². The molecule has 1 aromatic carbocycles. The fraction of sp³-hybridized carbons (Fsp3) is 0.400. The van der Waals surface area contributed by atoms with Crippen molar-refractivity contribution in [1.82, 2.24) is 5.32 Å². The molecule has 0 aliphatic carbocycles. The predicted octanol–water partition coefficient (Wildman–Crippen LogP) is 1.39. The lowest BCUT2D eigenvalue weighted by Crippen LogP contribution is -2.27. The number of carboxylic acids is 1. The molecule has 0 aromatic heterocycles. The second-order valence-corrected chi connectivity index (χ2v) is 5.01. The van der Waals surface area contributed by atoms with Crippen LogP contribution in [0.3, 0.4) is 0 Å². The van der Waals surface area contributed by atoms with Gasteiger partial charge in [0.15, 0.2) is 6.61 Å². The minimum atomic E-state index is -0.803. The van der Waals surface area contributed by atoms with E-state index in [9.17, 15) is 14.4 Å². The molecule has 0 atom stereocenters. The third kappa shape index (κ3) is 4.47. The molecule has 7 nitrogen and oxygen atoms in total.